The van der Waals surface area contributed by atoms with Gasteiger partial charge in [-0.2, -0.15) is 5.26 Å². The summed E-state index contributed by atoms with van der Waals surface area (Å²) in [6.07, 6.45) is 3.80. The lowest BCUT2D eigenvalue weighted by atomic mass is 10.0. The third kappa shape index (κ3) is 7.63. The van der Waals surface area contributed by atoms with Crippen LogP contribution in [0.1, 0.15) is 42.1 Å². The number of allylic oxidation sites excluding steroid dienone is 1. The largest absolute Gasteiger partial charge is 0.490 e. The van der Waals surface area contributed by atoms with Gasteiger partial charge in [-0.3, -0.25) is 4.79 Å². The number of nitriles is 1. The molecule has 0 saturated heterocycles. The minimum absolute atomic E-state index is 0.0146. The predicted octanol–water partition coefficient (Wildman–Crippen LogP) is 7.48. The SMILES string of the molecule is C=CCc1cc(/C=C(/C#N)C(=O)N[C@H](C)c2ccccc2)cc(OCC)c1OCc1ccc(Cl)c(Cl)c1. The molecule has 1 atom stereocenters. The molecule has 7 heteroatoms. The Balaban J connectivity index is 1.90. The highest BCUT2D eigenvalue weighted by molar-refractivity contribution is 6.42. The van der Waals surface area contributed by atoms with E-state index in [4.69, 9.17) is 32.7 Å². The third-order valence-electron chi connectivity index (χ3n) is 5.51. The van der Waals surface area contributed by atoms with Crippen LogP contribution in [0.4, 0.5) is 0 Å². The number of hydrogen-bond acceptors (Lipinski definition) is 4. The van der Waals surface area contributed by atoms with Gasteiger partial charge >= 0.3 is 0 Å². The molecule has 1 amide bonds. The number of rotatable bonds is 11. The van der Waals surface area contributed by atoms with Crippen LogP contribution in [0.2, 0.25) is 10.0 Å². The third-order valence-corrected chi connectivity index (χ3v) is 6.25. The van der Waals surface area contributed by atoms with Crippen LogP contribution in [0.25, 0.3) is 6.08 Å². The normalized spacial score (nSPS) is 11.8. The van der Waals surface area contributed by atoms with Crippen molar-refractivity contribution in [2.45, 2.75) is 32.9 Å². The van der Waals surface area contributed by atoms with Gasteiger partial charge in [0.05, 0.1) is 22.7 Å². The minimum atomic E-state index is -0.456. The van der Waals surface area contributed by atoms with Crippen molar-refractivity contribution in [1.29, 1.82) is 5.26 Å². The summed E-state index contributed by atoms with van der Waals surface area (Å²) >= 11 is 12.2. The molecular weight excluding hydrogens is 507 g/mol. The fourth-order valence-corrected chi connectivity index (χ4v) is 4.02. The Morgan fingerprint density at radius 3 is 2.51 bits per heavy atom. The van der Waals surface area contributed by atoms with Gasteiger partial charge in [0.15, 0.2) is 11.5 Å². The predicted molar refractivity (Wildman–Crippen MR) is 149 cm³/mol. The number of carbonyl (C=O) groups is 1. The molecule has 0 aromatic heterocycles. The Morgan fingerprint density at radius 1 is 1.11 bits per heavy atom. The zero-order chi connectivity index (χ0) is 26.8. The summed E-state index contributed by atoms with van der Waals surface area (Å²) in [5.74, 6) is 0.608. The lowest BCUT2D eigenvalue weighted by Crippen LogP contribution is -2.27. The van der Waals surface area contributed by atoms with Crippen molar-refractivity contribution in [2.75, 3.05) is 6.61 Å². The van der Waals surface area contributed by atoms with Gasteiger partial charge < -0.3 is 14.8 Å². The number of nitrogens with one attached hydrogen (secondary N) is 1. The fraction of sp³-hybridized carbons (Fsp3) is 0.200. The van der Waals surface area contributed by atoms with E-state index in [0.717, 1.165) is 16.7 Å². The highest BCUT2D eigenvalue weighted by Gasteiger charge is 2.17. The number of benzene rings is 3. The number of nitrogens with zero attached hydrogens (tertiary/aromatic N) is 1. The first kappa shape index (κ1) is 27.9. The number of carbonyl (C=O) groups excluding carboxylic acids is 1. The van der Waals surface area contributed by atoms with Gasteiger partial charge in [0.1, 0.15) is 18.2 Å². The molecule has 3 rings (SSSR count). The molecule has 0 aliphatic heterocycles. The van der Waals surface area contributed by atoms with Crippen LogP contribution in [0, 0.1) is 11.3 Å². The molecule has 0 fully saturated rings. The second-order valence-electron chi connectivity index (χ2n) is 8.25. The van der Waals surface area contributed by atoms with E-state index in [2.05, 4.69) is 11.9 Å². The molecule has 0 aliphatic rings. The highest BCUT2D eigenvalue weighted by atomic mass is 35.5. The monoisotopic (exact) mass is 534 g/mol. The molecule has 190 valence electrons. The molecule has 0 heterocycles. The zero-order valence-corrected chi connectivity index (χ0v) is 22.3. The molecule has 0 radical (unpaired) electrons. The Kier molecular flexibility index (Phi) is 10.2. The lowest BCUT2D eigenvalue weighted by molar-refractivity contribution is -0.117. The van der Waals surface area contributed by atoms with Gasteiger partial charge in [0.25, 0.3) is 5.91 Å². The van der Waals surface area contributed by atoms with Crippen LogP contribution < -0.4 is 14.8 Å². The number of amides is 1. The molecule has 5 nitrogen and oxygen atoms in total. The number of halogens is 2. The van der Waals surface area contributed by atoms with Crippen molar-refractivity contribution in [3.8, 4) is 17.6 Å². The van der Waals surface area contributed by atoms with E-state index in [9.17, 15) is 10.1 Å². The van der Waals surface area contributed by atoms with Gasteiger partial charge in [-0.1, -0.05) is 65.7 Å². The summed E-state index contributed by atoms with van der Waals surface area (Å²) in [6, 6.07) is 20.3. The van der Waals surface area contributed by atoms with Crippen molar-refractivity contribution in [3.63, 3.8) is 0 Å². The van der Waals surface area contributed by atoms with E-state index in [1.54, 1.807) is 30.4 Å². The van der Waals surface area contributed by atoms with Crippen molar-refractivity contribution >= 4 is 35.2 Å². The van der Waals surface area contributed by atoms with E-state index in [0.29, 0.717) is 40.1 Å². The van der Waals surface area contributed by atoms with Crippen LogP contribution in [0.15, 0.2) is 78.9 Å². The zero-order valence-electron chi connectivity index (χ0n) is 20.8. The van der Waals surface area contributed by atoms with Gasteiger partial charge in [-0.05, 0) is 67.3 Å². The topological polar surface area (TPSA) is 71.4 Å². The van der Waals surface area contributed by atoms with Gasteiger partial charge in [-0.15, -0.1) is 6.58 Å². The first-order valence-electron chi connectivity index (χ1n) is 11.8. The van der Waals surface area contributed by atoms with Gasteiger partial charge in [-0.25, -0.2) is 0 Å². The summed E-state index contributed by atoms with van der Waals surface area (Å²) in [5, 5.41) is 13.5. The van der Waals surface area contributed by atoms with Crippen LogP contribution in [0.3, 0.4) is 0 Å². The summed E-state index contributed by atoms with van der Waals surface area (Å²) in [5.41, 5.74) is 3.23. The molecule has 37 heavy (non-hydrogen) atoms. The highest BCUT2D eigenvalue weighted by Crippen LogP contribution is 2.36. The maximum Gasteiger partial charge on any atom is 0.262 e. The molecule has 0 bridgehead atoms. The van der Waals surface area contributed by atoms with Crippen LogP contribution >= 0.6 is 23.2 Å². The van der Waals surface area contributed by atoms with Crippen molar-refractivity contribution < 1.29 is 14.3 Å². The van der Waals surface area contributed by atoms with Crippen molar-refractivity contribution in [3.05, 3.63) is 111 Å². The Bertz CT molecular complexity index is 1330. The molecule has 0 unspecified atom stereocenters. The second kappa shape index (κ2) is 13.5. The summed E-state index contributed by atoms with van der Waals surface area (Å²) in [4.78, 5) is 12.9. The van der Waals surface area contributed by atoms with Gasteiger partial charge in [0, 0.05) is 5.56 Å². The number of ether oxygens (including phenoxy) is 2. The maximum atomic E-state index is 12.9. The second-order valence-corrected chi connectivity index (χ2v) is 9.06. The van der Waals surface area contributed by atoms with Crippen LogP contribution in [-0.2, 0) is 17.8 Å². The molecule has 1 N–H and O–H groups in total. The molecular formula is C30H28Cl2N2O3. The Morgan fingerprint density at radius 2 is 1.86 bits per heavy atom. The molecule has 0 saturated carbocycles. The van der Waals surface area contributed by atoms with E-state index in [1.165, 1.54) is 0 Å². The lowest BCUT2D eigenvalue weighted by Gasteiger charge is -2.17. The standard InChI is InChI=1S/C30H28Cl2N2O3/c1-4-9-24-14-22(15-25(18-33)30(35)34-20(3)23-10-7-6-8-11-23)17-28(36-5-2)29(24)37-19-21-12-13-26(31)27(32)16-21/h4,6-8,10-17,20H,1,5,9,19H2,2-3H3,(H,34,35)/b25-15-/t20-/m1/s1. The first-order chi connectivity index (χ1) is 17.9. The van der Waals surface area contributed by atoms with E-state index < -0.39 is 5.91 Å². The van der Waals surface area contributed by atoms with Crippen molar-refractivity contribution in [1.82, 2.24) is 5.32 Å². The van der Waals surface area contributed by atoms with Crippen LogP contribution in [0.5, 0.6) is 11.5 Å². The van der Waals surface area contributed by atoms with Gasteiger partial charge in [0.2, 0.25) is 0 Å². The molecule has 0 spiro atoms. The summed E-state index contributed by atoms with van der Waals surface area (Å²) < 4.78 is 12.0. The summed E-state index contributed by atoms with van der Waals surface area (Å²) in [7, 11) is 0. The first-order valence-corrected chi connectivity index (χ1v) is 12.6. The average molecular weight is 535 g/mol. The molecule has 0 aliphatic carbocycles. The Labute approximate surface area is 227 Å². The van der Waals surface area contributed by atoms with E-state index in [1.807, 2.05) is 62.4 Å². The molecule has 3 aromatic carbocycles. The average Bonchev–Trinajstić information content (AvgIpc) is 2.89. The van der Waals surface area contributed by atoms with E-state index >= 15 is 0 Å². The van der Waals surface area contributed by atoms with Crippen LogP contribution in [-0.4, -0.2) is 12.5 Å². The smallest absolute Gasteiger partial charge is 0.262 e. The quantitative estimate of drug-likeness (QED) is 0.157. The van der Waals surface area contributed by atoms with E-state index in [-0.39, 0.29) is 18.2 Å². The Hall–Kier alpha value is -3.72. The maximum absolute atomic E-state index is 12.9. The fourth-order valence-electron chi connectivity index (χ4n) is 3.70. The van der Waals surface area contributed by atoms with Crippen molar-refractivity contribution in [2.24, 2.45) is 0 Å². The molecule has 3 aromatic rings. The number of hydrogen-bond donors (Lipinski definition) is 1. The minimum Gasteiger partial charge on any atom is -0.490 e. The summed E-state index contributed by atoms with van der Waals surface area (Å²) in [6.45, 7) is 8.25.